The lowest BCUT2D eigenvalue weighted by Crippen LogP contribution is -2.38. The number of benzene rings is 2. The number of amides is 2. The Balaban J connectivity index is 1.50. The summed E-state index contributed by atoms with van der Waals surface area (Å²) in [5.74, 6) is -0.605. The molecule has 3 rings (SSSR count). The molecule has 1 aliphatic rings. The first-order chi connectivity index (χ1) is 12.1. The van der Waals surface area contributed by atoms with E-state index in [0.29, 0.717) is 13.0 Å². The molecule has 1 heterocycles. The highest BCUT2D eigenvalue weighted by atomic mass is 16.3. The second kappa shape index (κ2) is 7.94. The molecule has 1 saturated heterocycles. The molecule has 0 aromatic heterocycles. The average Bonchev–Trinajstić information content (AvgIpc) is 3.03. The van der Waals surface area contributed by atoms with Gasteiger partial charge in [0, 0.05) is 31.6 Å². The summed E-state index contributed by atoms with van der Waals surface area (Å²) in [6, 6.07) is 19.0. The van der Waals surface area contributed by atoms with Crippen molar-refractivity contribution >= 4 is 17.5 Å². The zero-order valence-corrected chi connectivity index (χ0v) is 14.0. The van der Waals surface area contributed by atoms with Crippen molar-refractivity contribution in [2.24, 2.45) is 5.92 Å². The van der Waals surface area contributed by atoms with Crippen molar-refractivity contribution in [3.63, 3.8) is 0 Å². The maximum Gasteiger partial charge on any atom is 0.227 e. The van der Waals surface area contributed by atoms with E-state index >= 15 is 0 Å². The van der Waals surface area contributed by atoms with E-state index in [2.05, 4.69) is 5.32 Å². The molecule has 0 aliphatic carbocycles. The van der Waals surface area contributed by atoms with Crippen molar-refractivity contribution in [1.82, 2.24) is 5.32 Å². The number of aliphatic hydroxyl groups is 1. The van der Waals surface area contributed by atoms with Crippen LogP contribution in [-0.2, 0) is 16.0 Å². The number of hydrogen-bond donors (Lipinski definition) is 2. The van der Waals surface area contributed by atoms with Crippen LogP contribution in [0.3, 0.4) is 0 Å². The molecule has 1 fully saturated rings. The molecule has 0 bridgehead atoms. The van der Waals surface area contributed by atoms with E-state index in [-0.39, 0.29) is 30.7 Å². The van der Waals surface area contributed by atoms with E-state index < -0.39 is 6.10 Å². The van der Waals surface area contributed by atoms with E-state index in [1.165, 1.54) is 0 Å². The molecular weight excluding hydrogens is 316 g/mol. The third-order valence-corrected chi connectivity index (χ3v) is 4.39. The zero-order chi connectivity index (χ0) is 17.6. The second-order valence-corrected chi connectivity index (χ2v) is 6.33. The van der Waals surface area contributed by atoms with Crippen molar-refractivity contribution in [2.75, 3.05) is 18.0 Å². The van der Waals surface area contributed by atoms with Gasteiger partial charge in [0.2, 0.25) is 11.8 Å². The van der Waals surface area contributed by atoms with Gasteiger partial charge >= 0.3 is 0 Å². The molecule has 1 aliphatic heterocycles. The first-order valence-corrected chi connectivity index (χ1v) is 8.48. The molecule has 130 valence electrons. The topological polar surface area (TPSA) is 69.6 Å². The Kier molecular flexibility index (Phi) is 5.46. The van der Waals surface area contributed by atoms with Crippen molar-refractivity contribution in [1.29, 1.82) is 0 Å². The fourth-order valence-electron chi connectivity index (χ4n) is 3.06. The number of nitrogens with zero attached hydrogens (tertiary/aromatic N) is 1. The minimum Gasteiger partial charge on any atom is -0.391 e. The molecule has 5 nitrogen and oxygen atoms in total. The van der Waals surface area contributed by atoms with E-state index in [1.807, 2.05) is 60.7 Å². The number of anilines is 1. The minimum atomic E-state index is -0.645. The SMILES string of the molecule is O=C(NCC(O)Cc1ccccc1)C1CC(=O)N(c2ccccc2)C1. The Morgan fingerprint density at radius 2 is 1.76 bits per heavy atom. The van der Waals surface area contributed by atoms with Crippen molar-refractivity contribution in [3.05, 3.63) is 66.2 Å². The van der Waals surface area contributed by atoms with Gasteiger partial charge in [0.15, 0.2) is 0 Å². The first-order valence-electron chi connectivity index (χ1n) is 8.48. The maximum absolute atomic E-state index is 12.3. The van der Waals surface area contributed by atoms with Gasteiger partial charge in [-0.1, -0.05) is 48.5 Å². The molecule has 0 spiro atoms. The van der Waals surface area contributed by atoms with Crippen LogP contribution in [0.4, 0.5) is 5.69 Å². The standard InChI is InChI=1S/C20H22N2O3/c23-18(11-15-7-3-1-4-8-15)13-21-20(25)16-12-19(24)22(14-16)17-9-5-2-6-10-17/h1-10,16,18,23H,11-14H2,(H,21,25). The number of nitrogens with one attached hydrogen (secondary N) is 1. The van der Waals surface area contributed by atoms with Crippen LogP contribution in [0.5, 0.6) is 0 Å². The highest BCUT2D eigenvalue weighted by Crippen LogP contribution is 2.24. The Bertz CT molecular complexity index is 718. The predicted molar refractivity (Wildman–Crippen MR) is 96.1 cm³/mol. The van der Waals surface area contributed by atoms with Crippen LogP contribution >= 0.6 is 0 Å². The van der Waals surface area contributed by atoms with E-state index in [0.717, 1.165) is 11.3 Å². The van der Waals surface area contributed by atoms with Crippen molar-refractivity contribution < 1.29 is 14.7 Å². The van der Waals surface area contributed by atoms with Crippen LogP contribution in [0.25, 0.3) is 0 Å². The summed E-state index contributed by atoms with van der Waals surface area (Å²) in [5.41, 5.74) is 1.84. The van der Waals surface area contributed by atoms with Gasteiger partial charge in [-0.2, -0.15) is 0 Å². The van der Waals surface area contributed by atoms with Gasteiger partial charge in [-0.15, -0.1) is 0 Å². The Hall–Kier alpha value is -2.66. The van der Waals surface area contributed by atoms with Crippen LogP contribution in [-0.4, -0.2) is 36.1 Å². The van der Waals surface area contributed by atoms with E-state index in [1.54, 1.807) is 4.90 Å². The molecule has 2 amide bonds. The van der Waals surface area contributed by atoms with E-state index in [9.17, 15) is 14.7 Å². The lowest BCUT2D eigenvalue weighted by molar-refractivity contribution is -0.126. The average molecular weight is 338 g/mol. The number of aliphatic hydroxyl groups excluding tert-OH is 1. The van der Waals surface area contributed by atoms with Crippen molar-refractivity contribution in [3.8, 4) is 0 Å². The predicted octanol–water partition coefficient (Wildman–Crippen LogP) is 1.76. The van der Waals surface area contributed by atoms with Crippen LogP contribution in [0.2, 0.25) is 0 Å². The van der Waals surface area contributed by atoms with Crippen LogP contribution < -0.4 is 10.2 Å². The normalized spacial score (nSPS) is 18.2. The third-order valence-electron chi connectivity index (χ3n) is 4.39. The molecule has 2 atom stereocenters. The minimum absolute atomic E-state index is 0.0452. The summed E-state index contributed by atoms with van der Waals surface area (Å²) >= 11 is 0. The molecule has 25 heavy (non-hydrogen) atoms. The summed E-state index contributed by atoms with van der Waals surface area (Å²) in [4.78, 5) is 26.1. The van der Waals surface area contributed by atoms with Crippen LogP contribution in [0.15, 0.2) is 60.7 Å². The summed E-state index contributed by atoms with van der Waals surface area (Å²) in [5, 5.41) is 12.9. The van der Waals surface area contributed by atoms with Crippen LogP contribution in [0.1, 0.15) is 12.0 Å². The van der Waals surface area contributed by atoms with Gasteiger partial charge in [0.05, 0.1) is 12.0 Å². The van der Waals surface area contributed by atoms with Gasteiger partial charge in [0.1, 0.15) is 0 Å². The monoisotopic (exact) mass is 338 g/mol. The van der Waals surface area contributed by atoms with Gasteiger partial charge < -0.3 is 15.3 Å². The quantitative estimate of drug-likeness (QED) is 0.843. The maximum atomic E-state index is 12.3. The number of carbonyl (C=O) groups excluding carboxylic acids is 2. The summed E-state index contributed by atoms with van der Waals surface area (Å²) in [6.07, 6.45) is 0.0461. The molecule has 2 unspecified atom stereocenters. The van der Waals surface area contributed by atoms with Gasteiger partial charge in [-0.3, -0.25) is 9.59 Å². The Morgan fingerprint density at radius 1 is 1.12 bits per heavy atom. The fourth-order valence-corrected chi connectivity index (χ4v) is 3.06. The highest BCUT2D eigenvalue weighted by molar-refractivity contribution is 6.00. The number of hydrogen-bond acceptors (Lipinski definition) is 3. The third kappa shape index (κ3) is 4.45. The molecule has 0 radical (unpaired) electrons. The lowest BCUT2D eigenvalue weighted by Gasteiger charge is -2.17. The van der Waals surface area contributed by atoms with Crippen LogP contribution in [0, 0.1) is 5.92 Å². The fraction of sp³-hybridized carbons (Fsp3) is 0.300. The highest BCUT2D eigenvalue weighted by Gasteiger charge is 2.35. The first kappa shape index (κ1) is 17.2. The summed E-state index contributed by atoms with van der Waals surface area (Å²) in [7, 11) is 0. The Morgan fingerprint density at radius 3 is 2.44 bits per heavy atom. The number of carbonyl (C=O) groups is 2. The summed E-state index contributed by atoms with van der Waals surface area (Å²) < 4.78 is 0. The molecule has 2 N–H and O–H groups in total. The Labute approximate surface area is 147 Å². The zero-order valence-electron chi connectivity index (χ0n) is 14.0. The van der Waals surface area contributed by atoms with E-state index in [4.69, 9.17) is 0 Å². The molecule has 5 heteroatoms. The van der Waals surface area contributed by atoms with Crippen molar-refractivity contribution in [2.45, 2.75) is 18.9 Å². The summed E-state index contributed by atoms with van der Waals surface area (Å²) in [6.45, 7) is 0.563. The lowest BCUT2D eigenvalue weighted by atomic mass is 10.1. The molecule has 2 aromatic rings. The van der Waals surface area contributed by atoms with Gasteiger partial charge in [0.25, 0.3) is 0 Å². The molecule has 0 saturated carbocycles. The molecule has 2 aromatic carbocycles. The number of rotatable bonds is 6. The second-order valence-electron chi connectivity index (χ2n) is 6.33. The van der Waals surface area contributed by atoms with Gasteiger partial charge in [-0.05, 0) is 17.7 Å². The molecular formula is C20H22N2O3. The smallest absolute Gasteiger partial charge is 0.227 e. The largest absolute Gasteiger partial charge is 0.391 e. The number of para-hydroxylation sites is 1. The van der Waals surface area contributed by atoms with Gasteiger partial charge in [-0.25, -0.2) is 0 Å².